The van der Waals surface area contributed by atoms with Crippen molar-refractivity contribution in [1.29, 1.82) is 0 Å². The number of imidazole rings is 1. The molecule has 20 heavy (non-hydrogen) atoms. The first-order valence-corrected chi connectivity index (χ1v) is 6.19. The lowest BCUT2D eigenvalue weighted by atomic mass is 9.92. The molecule has 1 aromatic carbocycles. The van der Waals surface area contributed by atoms with Gasteiger partial charge in [0.1, 0.15) is 5.69 Å². The van der Waals surface area contributed by atoms with Crippen LogP contribution < -0.4 is 0 Å². The molecule has 0 fully saturated rings. The van der Waals surface area contributed by atoms with Gasteiger partial charge in [-0.25, -0.2) is 17.6 Å². The molecule has 0 atom stereocenters. The summed E-state index contributed by atoms with van der Waals surface area (Å²) in [5, 5.41) is 0. The summed E-state index contributed by atoms with van der Waals surface area (Å²) in [7, 11) is 0. The normalized spacial score (nSPS) is 11.9. The van der Waals surface area contributed by atoms with Crippen molar-refractivity contribution < 1.29 is 17.6 Å². The highest BCUT2D eigenvalue weighted by molar-refractivity contribution is 7.71. The fraction of sp³-hybridized carbons (Fsp3) is 0.308. The van der Waals surface area contributed by atoms with Crippen LogP contribution in [0.1, 0.15) is 26.5 Å². The molecule has 2 nitrogen and oxygen atoms in total. The predicted molar refractivity (Wildman–Crippen MR) is 69.5 cm³/mol. The van der Waals surface area contributed by atoms with Gasteiger partial charge in [0.25, 0.3) is 0 Å². The number of hydrogen-bond donors (Lipinski definition) is 1. The number of H-pyrrole nitrogens is 1. The zero-order valence-corrected chi connectivity index (χ0v) is 11.8. The van der Waals surface area contributed by atoms with Crippen LogP contribution in [0.4, 0.5) is 17.6 Å². The fourth-order valence-corrected chi connectivity index (χ4v) is 2.15. The molecule has 2 rings (SSSR count). The summed E-state index contributed by atoms with van der Waals surface area (Å²) in [6, 6.07) is 0.168. The number of halogens is 4. The Balaban J connectivity index is 2.90. The number of aromatic nitrogens is 2. The summed E-state index contributed by atoms with van der Waals surface area (Å²) < 4.78 is 55.4. The Bertz CT molecular complexity index is 699. The third-order valence-corrected chi connectivity index (χ3v) is 3.16. The van der Waals surface area contributed by atoms with Crippen LogP contribution in [0, 0.1) is 28.0 Å². The molecule has 0 aliphatic carbocycles. The lowest BCUT2D eigenvalue weighted by Gasteiger charge is -2.21. The summed E-state index contributed by atoms with van der Waals surface area (Å²) in [4.78, 5) is 2.64. The standard InChI is InChI=1S/C13H12F4N2S/c1-13(2,3)8-5-18-12(20)19(8)11-9(16)6(14)4-7(15)10(11)17/h4-5H,1-3H3,(H,18,20). The van der Waals surface area contributed by atoms with Crippen molar-refractivity contribution >= 4 is 12.2 Å². The van der Waals surface area contributed by atoms with Crippen LogP contribution in [0.2, 0.25) is 0 Å². The van der Waals surface area contributed by atoms with Crippen molar-refractivity contribution in [2.45, 2.75) is 26.2 Å². The van der Waals surface area contributed by atoms with Crippen molar-refractivity contribution in [3.05, 3.63) is 46.0 Å². The molecule has 1 aromatic heterocycles. The Hall–Kier alpha value is -1.63. The van der Waals surface area contributed by atoms with E-state index in [0.717, 1.165) is 4.57 Å². The summed E-state index contributed by atoms with van der Waals surface area (Å²) in [6.07, 6.45) is 1.46. The molecule has 1 heterocycles. The number of nitrogens with zero attached hydrogens (tertiary/aromatic N) is 1. The van der Waals surface area contributed by atoms with Crippen molar-refractivity contribution in [2.24, 2.45) is 0 Å². The minimum atomic E-state index is -1.48. The summed E-state index contributed by atoms with van der Waals surface area (Å²) >= 11 is 4.96. The number of nitrogens with one attached hydrogen (secondary N) is 1. The monoisotopic (exact) mass is 304 g/mol. The number of hydrogen-bond acceptors (Lipinski definition) is 1. The van der Waals surface area contributed by atoms with E-state index >= 15 is 0 Å². The van der Waals surface area contributed by atoms with E-state index in [1.807, 2.05) is 0 Å². The molecular weight excluding hydrogens is 292 g/mol. The topological polar surface area (TPSA) is 20.7 Å². The van der Waals surface area contributed by atoms with Gasteiger partial charge in [0.05, 0.1) is 0 Å². The molecule has 0 unspecified atom stereocenters. The second-order valence-corrected chi connectivity index (χ2v) is 5.77. The van der Waals surface area contributed by atoms with E-state index in [1.165, 1.54) is 6.20 Å². The van der Waals surface area contributed by atoms with Crippen LogP contribution in [-0.2, 0) is 5.41 Å². The highest BCUT2D eigenvalue weighted by Crippen LogP contribution is 2.29. The lowest BCUT2D eigenvalue weighted by Crippen LogP contribution is -2.19. The van der Waals surface area contributed by atoms with Crippen molar-refractivity contribution in [2.75, 3.05) is 0 Å². The number of benzene rings is 1. The van der Waals surface area contributed by atoms with E-state index in [1.54, 1.807) is 20.8 Å². The predicted octanol–water partition coefficient (Wildman–Crippen LogP) is 4.39. The average Bonchev–Trinajstić information content (AvgIpc) is 2.69. The molecule has 0 saturated carbocycles. The van der Waals surface area contributed by atoms with Gasteiger partial charge < -0.3 is 4.98 Å². The third-order valence-electron chi connectivity index (χ3n) is 2.86. The molecule has 0 aliphatic heterocycles. The lowest BCUT2D eigenvalue weighted by molar-refractivity contribution is 0.442. The molecule has 0 aliphatic rings. The maximum absolute atomic E-state index is 13.9. The molecule has 7 heteroatoms. The van der Waals surface area contributed by atoms with E-state index in [0.29, 0.717) is 5.69 Å². The van der Waals surface area contributed by atoms with Gasteiger partial charge in [-0.2, -0.15) is 0 Å². The van der Waals surface area contributed by atoms with Gasteiger partial charge in [0.2, 0.25) is 0 Å². The highest BCUT2D eigenvalue weighted by atomic mass is 32.1. The van der Waals surface area contributed by atoms with Crippen LogP contribution in [0.5, 0.6) is 0 Å². The Kier molecular flexibility index (Phi) is 3.49. The first kappa shape index (κ1) is 14.8. The molecule has 2 aromatic rings. The molecule has 0 spiro atoms. The van der Waals surface area contributed by atoms with Gasteiger partial charge in [0.15, 0.2) is 28.0 Å². The zero-order chi connectivity index (χ0) is 15.2. The molecule has 0 radical (unpaired) electrons. The van der Waals surface area contributed by atoms with E-state index in [-0.39, 0.29) is 10.8 Å². The van der Waals surface area contributed by atoms with Crippen molar-refractivity contribution in [3.63, 3.8) is 0 Å². The Morgan fingerprint density at radius 2 is 1.55 bits per heavy atom. The summed E-state index contributed by atoms with van der Waals surface area (Å²) in [5.74, 6) is -5.90. The quantitative estimate of drug-likeness (QED) is 0.471. The maximum atomic E-state index is 13.9. The molecule has 0 amide bonds. The van der Waals surface area contributed by atoms with Crippen LogP contribution in [0.25, 0.3) is 5.69 Å². The van der Waals surface area contributed by atoms with Gasteiger partial charge in [0, 0.05) is 23.4 Å². The number of aromatic amines is 1. The second kappa shape index (κ2) is 4.73. The van der Waals surface area contributed by atoms with E-state index in [2.05, 4.69) is 4.98 Å². The first-order valence-electron chi connectivity index (χ1n) is 5.79. The molecule has 108 valence electrons. The number of rotatable bonds is 1. The average molecular weight is 304 g/mol. The summed E-state index contributed by atoms with van der Waals surface area (Å²) in [6.45, 7) is 5.35. The Labute approximate surface area is 118 Å². The summed E-state index contributed by atoms with van der Waals surface area (Å²) in [5.41, 5.74) is -0.973. The highest BCUT2D eigenvalue weighted by Gasteiger charge is 2.27. The zero-order valence-electron chi connectivity index (χ0n) is 11.0. The van der Waals surface area contributed by atoms with Crippen LogP contribution >= 0.6 is 12.2 Å². The minimum absolute atomic E-state index is 0.0438. The Morgan fingerprint density at radius 3 is 2.00 bits per heavy atom. The molecule has 1 N–H and O–H groups in total. The largest absolute Gasteiger partial charge is 0.337 e. The van der Waals surface area contributed by atoms with Gasteiger partial charge in [-0.05, 0) is 12.2 Å². The van der Waals surface area contributed by atoms with Crippen LogP contribution in [0.3, 0.4) is 0 Å². The van der Waals surface area contributed by atoms with Gasteiger partial charge in [-0.15, -0.1) is 0 Å². The molecule has 0 bridgehead atoms. The van der Waals surface area contributed by atoms with Gasteiger partial charge in [-0.3, -0.25) is 4.57 Å². The van der Waals surface area contributed by atoms with E-state index < -0.39 is 34.4 Å². The third kappa shape index (κ3) is 2.26. The van der Waals surface area contributed by atoms with Crippen molar-refractivity contribution in [3.8, 4) is 5.69 Å². The van der Waals surface area contributed by atoms with E-state index in [4.69, 9.17) is 12.2 Å². The SMILES string of the molecule is CC(C)(C)c1c[nH]c(=S)n1-c1c(F)c(F)cc(F)c1F. The Morgan fingerprint density at radius 1 is 1.05 bits per heavy atom. The minimum Gasteiger partial charge on any atom is -0.337 e. The molecule has 0 saturated heterocycles. The van der Waals surface area contributed by atoms with Gasteiger partial charge >= 0.3 is 0 Å². The first-order chi connectivity index (χ1) is 9.14. The maximum Gasteiger partial charge on any atom is 0.186 e. The van der Waals surface area contributed by atoms with Gasteiger partial charge in [-0.1, -0.05) is 20.8 Å². The van der Waals surface area contributed by atoms with Crippen LogP contribution in [-0.4, -0.2) is 9.55 Å². The van der Waals surface area contributed by atoms with Crippen LogP contribution in [0.15, 0.2) is 12.3 Å². The second-order valence-electron chi connectivity index (χ2n) is 5.38. The fourth-order valence-electron chi connectivity index (χ4n) is 1.90. The van der Waals surface area contributed by atoms with E-state index in [9.17, 15) is 17.6 Å². The smallest absolute Gasteiger partial charge is 0.186 e. The van der Waals surface area contributed by atoms with Crippen molar-refractivity contribution in [1.82, 2.24) is 9.55 Å². The molecular formula is C13H12F4N2S.